The van der Waals surface area contributed by atoms with E-state index in [1.807, 2.05) is 26.0 Å². The molecule has 1 aliphatic carbocycles. The summed E-state index contributed by atoms with van der Waals surface area (Å²) in [7, 11) is 0. The fourth-order valence-corrected chi connectivity index (χ4v) is 1.68. The molecule has 0 bridgehead atoms. The molecule has 0 unspecified atom stereocenters. The van der Waals surface area contributed by atoms with E-state index in [1.54, 1.807) is 12.1 Å². The molecule has 0 atom stereocenters. The lowest BCUT2D eigenvalue weighted by atomic mass is 10.1. The van der Waals surface area contributed by atoms with Crippen molar-refractivity contribution in [2.24, 2.45) is 0 Å². The van der Waals surface area contributed by atoms with Crippen LogP contribution in [0.1, 0.15) is 32.3 Å². The Kier molecular flexibility index (Phi) is 4.10. The lowest BCUT2D eigenvalue weighted by molar-refractivity contribution is -0.116. The third-order valence-electron chi connectivity index (χ3n) is 2.75. The molecule has 1 fully saturated rings. The molecular formula is C15H20N2O2. The van der Waals surface area contributed by atoms with Crippen LogP contribution < -0.4 is 15.8 Å². The smallest absolute Gasteiger partial charge is 0.244 e. The van der Waals surface area contributed by atoms with E-state index in [9.17, 15) is 4.79 Å². The summed E-state index contributed by atoms with van der Waals surface area (Å²) >= 11 is 0. The van der Waals surface area contributed by atoms with Crippen LogP contribution in [0.5, 0.6) is 5.75 Å². The van der Waals surface area contributed by atoms with Gasteiger partial charge in [0.15, 0.2) is 0 Å². The SMILES string of the molecule is CC(C)Oc1ccc(/C=C\C(=O)NC2CC2)cc1N. The van der Waals surface area contributed by atoms with Gasteiger partial charge < -0.3 is 15.8 Å². The van der Waals surface area contributed by atoms with Crippen molar-refractivity contribution in [2.45, 2.75) is 38.8 Å². The van der Waals surface area contributed by atoms with Crippen molar-refractivity contribution >= 4 is 17.7 Å². The Morgan fingerprint density at radius 1 is 1.47 bits per heavy atom. The first-order valence-corrected chi connectivity index (χ1v) is 6.59. The first-order valence-electron chi connectivity index (χ1n) is 6.59. The van der Waals surface area contributed by atoms with Gasteiger partial charge in [-0.1, -0.05) is 6.07 Å². The van der Waals surface area contributed by atoms with Crippen LogP contribution in [0.4, 0.5) is 5.69 Å². The van der Waals surface area contributed by atoms with Crippen molar-refractivity contribution in [3.05, 3.63) is 29.8 Å². The standard InChI is InChI=1S/C15H20N2O2/c1-10(2)19-14-7-3-11(9-13(14)16)4-8-15(18)17-12-5-6-12/h3-4,7-10,12H,5-6,16H2,1-2H3,(H,17,18)/b8-4-. The highest BCUT2D eigenvalue weighted by Crippen LogP contribution is 2.24. The molecule has 0 aliphatic heterocycles. The first kappa shape index (κ1) is 13.5. The summed E-state index contributed by atoms with van der Waals surface area (Å²) in [5.41, 5.74) is 7.38. The summed E-state index contributed by atoms with van der Waals surface area (Å²) < 4.78 is 5.56. The van der Waals surface area contributed by atoms with Crippen LogP contribution >= 0.6 is 0 Å². The van der Waals surface area contributed by atoms with E-state index in [0.29, 0.717) is 17.5 Å². The molecule has 1 amide bonds. The van der Waals surface area contributed by atoms with Crippen LogP contribution in [0.2, 0.25) is 0 Å². The Balaban J connectivity index is 1.98. The first-order chi connectivity index (χ1) is 9.04. The largest absolute Gasteiger partial charge is 0.489 e. The van der Waals surface area contributed by atoms with E-state index in [0.717, 1.165) is 18.4 Å². The molecule has 19 heavy (non-hydrogen) atoms. The van der Waals surface area contributed by atoms with Gasteiger partial charge in [0, 0.05) is 12.1 Å². The number of nitrogens with two attached hydrogens (primary N) is 1. The number of rotatable bonds is 5. The zero-order chi connectivity index (χ0) is 13.8. The minimum atomic E-state index is -0.0522. The maximum absolute atomic E-state index is 11.5. The maximum Gasteiger partial charge on any atom is 0.244 e. The number of ether oxygens (including phenoxy) is 1. The van der Waals surface area contributed by atoms with Crippen LogP contribution in [0.15, 0.2) is 24.3 Å². The van der Waals surface area contributed by atoms with Gasteiger partial charge in [-0.05, 0) is 50.5 Å². The van der Waals surface area contributed by atoms with E-state index >= 15 is 0 Å². The average molecular weight is 260 g/mol. The Morgan fingerprint density at radius 2 is 2.21 bits per heavy atom. The van der Waals surface area contributed by atoms with Crippen LogP contribution in [-0.4, -0.2) is 18.1 Å². The number of carbonyl (C=O) groups excluding carboxylic acids is 1. The average Bonchev–Trinajstić information content (AvgIpc) is 3.13. The maximum atomic E-state index is 11.5. The van der Waals surface area contributed by atoms with Crippen LogP contribution in [-0.2, 0) is 4.79 Å². The van der Waals surface area contributed by atoms with E-state index in [-0.39, 0.29) is 12.0 Å². The van der Waals surface area contributed by atoms with Crippen molar-refractivity contribution in [3.63, 3.8) is 0 Å². The van der Waals surface area contributed by atoms with Crippen molar-refractivity contribution < 1.29 is 9.53 Å². The summed E-state index contributed by atoms with van der Waals surface area (Å²) in [5, 5.41) is 2.89. The van der Waals surface area contributed by atoms with E-state index in [4.69, 9.17) is 10.5 Å². The molecule has 0 spiro atoms. The van der Waals surface area contributed by atoms with E-state index in [2.05, 4.69) is 5.32 Å². The molecule has 1 aromatic rings. The summed E-state index contributed by atoms with van der Waals surface area (Å²) in [6.45, 7) is 3.91. The van der Waals surface area contributed by atoms with Gasteiger partial charge in [-0.3, -0.25) is 4.79 Å². The predicted octanol–water partition coefficient (Wildman–Crippen LogP) is 2.35. The number of nitrogens with one attached hydrogen (secondary N) is 1. The summed E-state index contributed by atoms with van der Waals surface area (Å²) in [6.07, 6.45) is 5.57. The van der Waals surface area contributed by atoms with Gasteiger partial charge in [0.2, 0.25) is 5.91 Å². The minimum Gasteiger partial charge on any atom is -0.489 e. The van der Waals surface area contributed by atoms with E-state index in [1.165, 1.54) is 6.08 Å². The second-order valence-corrected chi connectivity index (χ2v) is 5.08. The number of hydrogen-bond donors (Lipinski definition) is 2. The second kappa shape index (κ2) is 5.78. The van der Waals surface area contributed by atoms with Crippen molar-refractivity contribution in [2.75, 3.05) is 5.73 Å². The van der Waals surface area contributed by atoms with E-state index < -0.39 is 0 Å². The topological polar surface area (TPSA) is 64.3 Å². The molecule has 1 aliphatic rings. The second-order valence-electron chi connectivity index (χ2n) is 5.08. The molecule has 1 saturated carbocycles. The van der Waals surface area contributed by atoms with Crippen molar-refractivity contribution in [1.82, 2.24) is 5.32 Å². The molecule has 0 saturated heterocycles. The van der Waals surface area contributed by atoms with Gasteiger partial charge in [-0.25, -0.2) is 0 Å². The number of amides is 1. The summed E-state index contributed by atoms with van der Waals surface area (Å²) in [4.78, 5) is 11.5. The van der Waals surface area contributed by atoms with Crippen LogP contribution in [0.3, 0.4) is 0 Å². The fourth-order valence-electron chi connectivity index (χ4n) is 1.68. The molecule has 102 valence electrons. The van der Waals surface area contributed by atoms with Gasteiger partial charge in [-0.15, -0.1) is 0 Å². The normalized spacial score (nSPS) is 14.9. The molecule has 0 heterocycles. The summed E-state index contributed by atoms with van der Waals surface area (Å²) in [5.74, 6) is 0.623. The Morgan fingerprint density at radius 3 is 2.79 bits per heavy atom. The minimum absolute atomic E-state index is 0.0522. The summed E-state index contributed by atoms with van der Waals surface area (Å²) in [6, 6.07) is 5.89. The molecule has 0 aromatic heterocycles. The fraction of sp³-hybridized carbons (Fsp3) is 0.400. The highest BCUT2D eigenvalue weighted by molar-refractivity contribution is 5.92. The van der Waals surface area contributed by atoms with Crippen LogP contribution in [0, 0.1) is 0 Å². The Bertz CT molecular complexity index is 491. The molecule has 2 rings (SSSR count). The molecule has 4 heteroatoms. The Labute approximate surface area is 113 Å². The third-order valence-corrected chi connectivity index (χ3v) is 2.75. The van der Waals surface area contributed by atoms with Crippen molar-refractivity contribution in [1.29, 1.82) is 0 Å². The number of anilines is 1. The number of hydrogen-bond acceptors (Lipinski definition) is 3. The van der Waals surface area contributed by atoms with Gasteiger partial charge in [0.1, 0.15) is 5.75 Å². The zero-order valence-corrected chi connectivity index (χ0v) is 11.3. The number of carbonyl (C=O) groups is 1. The van der Waals surface area contributed by atoms with Gasteiger partial charge in [-0.2, -0.15) is 0 Å². The van der Waals surface area contributed by atoms with Gasteiger partial charge >= 0.3 is 0 Å². The molecular weight excluding hydrogens is 240 g/mol. The predicted molar refractivity (Wildman–Crippen MR) is 76.8 cm³/mol. The highest BCUT2D eigenvalue weighted by Gasteiger charge is 2.21. The van der Waals surface area contributed by atoms with Crippen molar-refractivity contribution in [3.8, 4) is 5.75 Å². The molecule has 1 aromatic carbocycles. The highest BCUT2D eigenvalue weighted by atomic mass is 16.5. The lowest BCUT2D eigenvalue weighted by Crippen LogP contribution is -2.22. The molecule has 3 N–H and O–H groups in total. The monoisotopic (exact) mass is 260 g/mol. The van der Waals surface area contributed by atoms with Crippen LogP contribution in [0.25, 0.3) is 6.08 Å². The van der Waals surface area contributed by atoms with Gasteiger partial charge in [0.05, 0.1) is 11.8 Å². The number of nitrogen functional groups attached to an aromatic ring is 1. The Hall–Kier alpha value is -1.97. The lowest BCUT2D eigenvalue weighted by Gasteiger charge is -2.12. The zero-order valence-electron chi connectivity index (χ0n) is 11.3. The number of benzene rings is 1. The van der Waals surface area contributed by atoms with Gasteiger partial charge in [0.25, 0.3) is 0 Å². The molecule has 4 nitrogen and oxygen atoms in total. The molecule has 0 radical (unpaired) electrons. The third kappa shape index (κ3) is 4.32. The quantitative estimate of drug-likeness (QED) is 0.631.